The molecule has 98 valence electrons. The third-order valence-electron chi connectivity index (χ3n) is 3.05. The molecular formula is C13H12N2O4. The van der Waals surface area contributed by atoms with E-state index in [-0.39, 0.29) is 13.2 Å². The van der Waals surface area contributed by atoms with Gasteiger partial charge in [-0.25, -0.2) is 4.98 Å². The molecule has 0 saturated heterocycles. The molecule has 6 nitrogen and oxygen atoms in total. The Bertz CT molecular complexity index is 648. The van der Waals surface area contributed by atoms with Gasteiger partial charge in [-0.2, -0.15) is 0 Å². The molecule has 1 aromatic heterocycles. The Morgan fingerprint density at radius 3 is 3.00 bits per heavy atom. The second-order valence-corrected chi connectivity index (χ2v) is 4.27. The maximum absolute atomic E-state index is 10.7. The lowest BCUT2D eigenvalue weighted by Crippen LogP contribution is -2.05. The molecule has 6 heteroatoms. The zero-order valence-electron chi connectivity index (χ0n) is 10.3. The molecule has 0 unspecified atom stereocenters. The normalized spacial score (nSPS) is 12.7. The summed E-state index contributed by atoms with van der Waals surface area (Å²) in [5.41, 5.74) is 1.52. The molecule has 1 aliphatic heterocycles. The number of nitrogens with zero attached hydrogens (tertiary/aromatic N) is 2. The largest absolute Gasteiger partial charge is 0.481 e. The number of carboxylic acid groups (broad SMARTS) is 1. The summed E-state index contributed by atoms with van der Waals surface area (Å²) < 4.78 is 12.3. The van der Waals surface area contributed by atoms with Gasteiger partial charge in [0, 0.05) is 24.5 Å². The molecule has 0 bridgehead atoms. The molecule has 1 aromatic carbocycles. The van der Waals surface area contributed by atoms with Gasteiger partial charge in [0.25, 0.3) is 0 Å². The number of hydrogen-bond acceptors (Lipinski definition) is 4. The molecule has 2 aromatic rings. The van der Waals surface area contributed by atoms with Gasteiger partial charge >= 0.3 is 5.97 Å². The fourth-order valence-corrected chi connectivity index (χ4v) is 2.07. The van der Waals surface area contributed by atoms with Crippen molar-refractivity contribution in [3.8, 4) is 22.9 Å². The van der Waals surface area contributed by atoms with Crippen molar-refractivity contribution >= 4 is 5.97 Å². The SMILES string of the molecule is Cn1c(CC(=O)O)cnc1-c1ccc2c(c1)OCO2. The lowest BCUT2D eigenvalue weighted by atomic mass is 10.2. The molecule has 1 aliphatic rings. The number of hydrogen-bond donors (Lipinski definition) is 1. The van der Waals surface area contributed by atoms with Gasteiger partial charge in [-0.05, 0) is 18.2 Å². The Morgan fingerprint density at radius 2 is 2.21 bits per heavy atom. The highest BCUT2D eigenvalue weighted by atomic mass is 16.7. The summed E-state index contributed by atoms with van der Waals surface area (Å²) >= 11 is 0. The van der Waals surface area contributed by atoms with E-state index in [9.17, 15) is 4.79 Å². The third-order valence-corrected chi connectivity index (χ3v) is 3.05. The first-order valence-corrected chi connectivity index (χ1v) is 5.77. The fourth-order valence-electron chi connectivity index (χ4n) is 2.07. The first-order valence-electron chi connectivity index (χ1n) is 5.77. The fraction of sp³-hybridized carbons (Fsp3) is 0.231. The summed E-state index contributed by atoms with van der Waals surface area (Å²) in [6.07, 6.45) is 1.53. The summed E-state index contributed by atoms with van der Waals surface area (Å²) in [6, 6.07) is 5.54. The molecule has 3 rings (SSSR count). The van der Waals surface area contributed by atoms with Gasteiger partial charge in [0.05, 0.1) is 6.42 Å². The molecule has 1 N–H and O–H groups in total. The number of fused-ring (bicyclic) bond motifs is 1. The topological polar surface area (TPSA) is 73.6 Å². The Balaban J connectivity index is 1.98. The molecule has 0 spiro atoms. The average Bonchev–Trinajstić information content (AvgIpc) is 2.96. The van der Waals surface area contributed by atoms with Crippen molar-refractivity contribution in [2.75, 3.05) is 6.79 Å². The quantitative estimate of drug-likeness (QED) is 0.904. The van der Waals surface area contributed by atoms with Crippen LogP contribution >= 0.6 is 0 Å². The monoisotopic (exact) mass is 260 g/mol. The van der Waals surface area contributed by atoms with E-state index in [1.54, 1.807) is 17.8 Å². The lowest BCUT2D eigenvalue weighted by molar-refractivity contribution is -0.136. The van der Waals surface area contributed by atoms with Crippen molar-refractivity contribution in [2.45, 2.75) is 6.42 Å². The van der Waals surface area contributed by atoms with Gasteiger partial charge in [-0.1, -0.05) is 0 Å². The smallest absolute Gasteiger partial charge is 0.309 e. The molecule has 0 amide bonds. The van der Waals surface area contributed by atoms with E-state index in [0.717, 1.165) is 5.56 Å². The number of rotatable bonds is 3. The Hall–Kier alpha value is -2.50. The molecule has 0 aliphatic carbocycles. The van der Waals surface area contributed by atoms with Crippen molar-refractivity contribution in [1.82, 2.24) is 9.55 Å². The van der Waals surface area contributed by atoms with Gasteiger partial charge in [-0.15, -0.1) is 0 Å². The van der Waals surface area contributed by atoms with Crippen molar-refractivity contribution < 1.29 is 19.4 Å². The number of imidazole rings is 1. The number of aromatic nitrogens is 2. The number of carboxylic acids is 1. The van der Waals surface area contributed by atoms with Gasteiger partial charge in [-0.3, -0.25) is 4.79 Å². The Morgan fingerprint density at radius 1 is 1.42 bits per heavy atom. The molecule has 0 atom stereocenters. The minimum atomic E-state index is -0.875. The first kappa shape index (κ1) is 11.6. The number of aliphatic carboxylic acids is 1. The van der Waals surface area contributed by atoms with Crippen LogP contribution in [0.15, 0.2) is 24.4 Å². The van der Waals surface area contributed by atoms with Crippen LogP contribution in [0.4, 0.5) is 0 Å². The molecular weight excluding hydrogens is 248 g/mol. The van der Waals surface area contributed by atoms with Crippen LogP contribution in [0.5, 0.6) is 11.5 Å². The van der Waals surface area contributed by atoms with Crippen LogP contribution < -0.4 is 9.47 Å². The van der Waals surface area contributed by atoms with Crippen LogP contribution in [-0.2, 0) is 18.3 Å². The molecule has 0 radical (unpaired) electrons. The highest BCUT2D eigenvalue weighted by Crippen LogP contribution is 2.35. The summed E-state index contributed by atoms with van der Waals surface area (Å²) in [4.78, 5) is 15.0. The minimum absolute atomic E-state index is 0.0476. The van der Waals surface area contributed by atoms with Crippen molar-refractivity contribution in [2.24, 2.45) is 7.05 Å². The van der Waals surface area contributed by atoms with Crippen molar-refractivity contribution in [3.63, 3.8) is 0 Å². The van der Waals surface area contributed by atoms with E-state index >= 15 is 0 Å². The number of carbonyl (C=O) groups is 1. The molecule has 19 heavy (non-hydrogen) atoms. The van der Waals surface area contributed by atoms with E-state index in [2.05, 4.69) is 4.98 Å². The molecule has 0 fully saturated rings. The highest BCUT2D eigenvalue weighted by Gasteiger charge is 2.17. The maximum Gasteiger partial charge on any atom is 0.309 e. The van der Waals surface area contributed by atoms with Crippen LogP contribution in [0, 0.1) is 0 Å². The van der Waals surface area contributed by atoms with Crippen LogP contribution in [0.3, 0.4) is 0 Å². The average molecular weight is 260 g/mol. The predicted octanol–water partition coefficient (Wildman–Crippen LogP) is 1.44. The summed E-state index contributed by atoms with van der Waals surface area (Å²) in [6.45, 7) is 0.226. The second kappa shape index (κ2) is 4.31. The summed E-state index contributed by atoms with van der Waals surface area (Å²) in [5, 5.41) is 8.82. The standard InChI is InChI=1S/C13H12N2O4/c1-15-9(5-12(16)17)6-14-13(15)8-2-3-10-11(4-8)19-7-18-10/h2-4,6H,5,7H2,1H3,(H,16,17). The van der Waals surface area contributed by atoms with Crippen LogP contribution in [0.1, 0.15) is 5.69 Å². The highest BCUT2D eigenvalue weighted by molar-refractivity contribution is 5.70. The first-order chi connectivity index (χ1) is 9.15. The Labute approximate surface area is 109 Å². The Kier molecular flexibility index (Phi) is 2.63. The molecule has 0 saturated carbocycles. The summed E-state index contributed by atoms with van der Waals surface area (Å²) in [5.74, 6) is 1.22. The van der Waals surface area contributed by atoms with E-state index in [1.165, 1.54) is 0 Å². The number of benzene rings is 1. The third kappa shape index (κ3) is 2.01. The molecule has 2 heterocycles. The number of ether oxygens (including phenoxy) is 2. The van der Waals surface area contributed by atoms with Gasteiger partial charge in [0.2, 0.25) is 6.79 Å². The van der Waals surface area contributed by atoms with E-state index in [4.69, 9.17) is 14.6 Å². The van der Waals surface area contributed by atoms with E-state index < -0.39 is 5.97 Å². The zero-order chi connectivity index (χ0) is 13.4. The van der Waals surface area contributed by atoms with Crippen LogP contribution in [0.25, 0.3) is 11.4 Å². The van der Waals surface area contributed by atoms with Crippen molar-refractivity contribution in [3.05, 3.63) is 30.1 Å². The van der Waals surface area contributed by atoms with E-state index in [1.807, 2.05) is 18.2 Å². The van der Waals surface area contributed by atoms with Crippen LogP contribution in [-0.4, -0.2) is 27.4 Å². The predicted molar refractivity (Wildman–Crippen MR) is 66.1 cm³/mol. The van der Waals surface area contributed by atoms with Gasteiger partial charge < -0.3 is 19.1 Å². The van der Waals surface area contributed by atoms with Crippen LogP contribution in [0.2, 0.25) is 0 Å². The van der Waals surface area contributed by atoms with E-state index in [0.29, 0.717) is 23.0 Å². The van der Waals surface area contributed by atoms with Gasteiger partial charge in [0.1, 0.15) is 5.82 Å². The second-order valence-electron chi connectivity index (χ2n) is 4.27. The zero-order valence-corrected chi connectivity index (χ0v) is 10.3. The van der Waals surface area contributed by atoms with Crippen molar-refractivity contribution in [1.29, 1.82) is 0 Å². The lowest BCUT2D eigenvalue weighted by Gasteiger charge is -2.05. The maximum atomic E-state index is 10.7. The minimum Gasteiger partial charge on any atom is -0.481 e. The van der Waals surface area contributed by atoms with Gasteiger partial charge in [0.15, 0.2) is 11.5 Å². The summed E-state index contributed by atoms with van der Waals surface area (Å²) in [7, 11) is 1.80.